The third-order valence-corrected chi connectivity index (χ3v) is 5.81. The van der Waals surface area contributed by atoms with Crippen LogP contribution in [0.25, 0.3) is 33.0 Å². The van der Waals surface area contributed by atoms with Crippen LogP contribution < -0.4 is 5.32 Å². The molecule has 30 heavy (non-hydrogen) atoms. The summed E-state index contributed by atoms with van der Waals surface area (Å²) in [5, 5.41) is 7.97. The van der Waals surface area contributed by atoms with Crippen LogP contribution in [0, 0.1) is 13.8 Å². The smallest absolute Gasteiger partial charge is 0.259 e. The monoisotopic (exact) mass is 416 g/mol. The zero-order valence-corrected chi connectivity index (χ0v) is 17.0. The van der Waals surface area contributed by atoms with E-state index in [0.29, 0.717) is 33.2 Å². The number of pyridine rings is 1. The molecule has 0 spiro atoms. The summed E-state index contributed by atoms with van der Waals surface area (Å²) >= 11 is 1.43. The highest BCUT2D eigenvalue weighted by atomic mass is 32.1. The van der Waals surface area contributed by atoms with Gasteiger partial charge in [0, 0.05) is 0 Å². The molecule has 8 heteroatoms. The highest BCUT2D eigenvalue weighted by Gasteiger charge is 2.21. The summed E-state index contributed by atoms with van der Waals surface area (Å²) in [4.78, 5) is 23.2. The van der Waals surface area contributed by atoms with E-state index in [1.807, 2.05) is 37.3 Å². The Bertz CT molecular complexity index is 1350. The van der Waals surface area contributed by atoms with Gasteiger partial charge in [0.1, 0.15) is 5.69 Å². The lowest BCUT2D eigenvalue weighted by Gasteiger charge is -2.05. The molecule has 7 nitrogen and oxygen atoms in total. The van der Waals surface area contributed by atoms with Gasteiger partial charge in [-0.2, -0.15) is 0 Å². The molecule has 0 atom stereocenters. The molecule has 0 saturated carbocycles. The predicted octanol–water partition coefficient (Wildman–Crippen LogP) is 5.48. The standard InChI is InChI=1S/C22H16N4O3S/c1-12-18-15(11-16(17-9-6-10-28-17)24-21(18)29-26-12)20(27)25-22-23-13(2)19(30-22)14-7-4-3-5-8-14/h3-11H,1-2H3,(H,23,25,27). The molecular weight excluding hydrogens is 400 g/mol. The van der Waals surface area contributed by atoms with Gasteiger partial charge in [-0.1, -0.05) is 46.8 Å². The van der Waals surface area contributed by atoms with E-state index in [9.17, 15) is 4.79 Å². The zero-order valence-electron chi connectivity index (χ0n) is 16.2. The van der Waals surface area contributed by atoms with Crippen LogP contribution in [0.15, 0.2) is 63.7 Å². The van der Waals surface area contributed by atoms with Crippen molar-refractivity contribution in [2.24, 2.45) is 0 Å². The maximum Gasteiger partial charge on any atom is 0.259 e. The van der Waals surface area contributed by atoms with E-state index in [-0.39, 0.29) is 11.6 Å². The van der Waals surface area contributed by atoms with Gasteiger partial charge >= 0.3 is 0 Å². The largest absolute Gasteiger partial charge is 0.463 e. The average Bonchev–Trinajstić information content (AvgIpc) is 3.49. The molecule has 0 fully saturated rings. The van der Waals surface area contributed by atoms with Gasteiger partial charge in [-0.05, 0) is 37.6 Å². The summed E-state index contributed by atoms with van der Waals surface area (Å²) < 4.78 is 10.7. The quantitative estimate of drug-likeness (QED) is 0.417. The fraction of sp³-hybridized carbons (Fsp3) is 0.0909. The van der Waals surface area contributed by atoms with Gasteiger partial charge in [0.25, 0.3) is 11.6 Å². The minimum Gasteiger partial charge on any atom is -0.463 e. The molecule has 0 unspecified atom stereocenters. The summed E-state index contributed by atoms with van der Waals surface area (Å²) in [6.07, 6.45) is 1.55. The molecule has 4 heterocycles. The van der Waals surface area contributed by atoms with Crippen molar-refractivity contribution in [3.8, 4) is 21.9 Å². The number of carbonyl (C=O) groups excluding carboxylic acids is 1. The molecule has 148 valence electrons. The summed E-state index contributed by atoms with van der Waals surface area (Å²) in [5.74, 6) is 0.228. The van der Waals surface area contributed by atoms with Gasteiger partial charge in [-0.3, -0.25) is 10.1 Å². The van der Waals surface area contributed by atoms with Gasteiger partial charge in [-0.15, -0.1) is 0 Å². The van der Waals surface area contributed by atoms with E-state index in [4.69, 9.17) is 8.94 Å². The van der Waals surface area contributed by atoms with Crippen molar-refractivity contribution < 1.29 is 13.7 Å². The molecular formula is C22H16N4O3S. The van der Waals surface area contributed by atoms with Crippen LogP contribution in [0.2, 0.25) is 0 Å². The molecule has 0 bridgehead atoms. The third kappa shape index (κ3) is 3.17. The van der Waals surface area contributed by atoms with Crippen LogP contribution in [-0.4, -0.2) is 21.0 Å². The van der Waals surface area contributed by atoms with Crippen LogP contribution >= 0.6 is 11.3 Å². The van der Waals surface area contributed by atoms with Gasteiger partial charge < -0.3 is 8.94 Å². The minimum atomic E-state index is -0.310. The van der Waals surface area contributed by atoms with Crippen LogP contribution in [0.4, 0.5) is 5.13 Å². The van der Waals surface area contributed by atoms with Crippen LogP contribution in [0.3, 0.4) is 0 Å². The maximum absolute atomic E-state index is 13.2. The summed E-state index contributed by atoms with van der Waals surface area (Å²) in [7, 11) is 0. The van der Waals surface area contributed by atoms with Crippen LogP contribution in [0.5, 0.6) is 0 Å². The summed E-state index contributed by atoms with van der Waals surface area (Å²) in [5.41, 5.74) is 3.70. The van der Waals surface area contributed by atoms with Crippen LogP contribution in [0.1, 0.15) is 21.7 Å². The first-order valence-electron chi connectivity index (χ1n) is 9.25. The number of fused-ring (bicyclic) bond motifs is 1. The van der Waals surface area contributed by atoms with Gasteiger partial charge in [0.15, 0.2) is 10.9 Å². The normalized spacial score (nSPS) is 11.1. The topological polar surface area (TPSA) is 94.1 Å². The van der Waals surface area contributed by atoms with E-state index in [1.54, 1.807) is 31.4 Å². The van der Waals surface area contributed by atoms with E-state index in [2.05, 4.69) is 20.4 Å². The second-order valence-electron chi connectivity index (χ2n) is 6.73. The van der Waals surface area contributed by atoms with E-state index in [0.717, 1.165) is 16.1 Å². The lowest BCUT2D eigenvalue weighted by molar-refractivity contribution is 0.102. The highest BCUT2D eigenvalue weighted by molar-refractivity contribution is 7.19. The van der Waals surface area contributed by atoms with Crippen molar-refractivity contribution in [1.29, 1.82) is 0 Å². The van der Waals surface area contributed by atoms with Crippen molar-refractivity contribution in [3.63, 3.8) is 0 Å². The SMILES string of the molecule is Cc1nc(NC(=O)c2cc(-c3ccco3)nc3onc(C)c23)sc1-c1ccccc1. The highest BCUT2D eigenvalue weighted by Crippen LogP contribution is 2.33. The molecule has 5 aromatic rings. The number of aryl methyl sites for hydroxylation is 2. The number of aromatic nitrogens is 3. The Morgan fingerprint density at radius 2 is 1.87 bits per heavy atom. The number of nitrogens with one attached hydrogen (secondary N) is 1. The fourth-order valence-corrected chi connectivity index (χ4v) is 4.26. The molecule has 4 aromatic heterocycles. The Labute approximate surface area is 175 Å². The van der Waals surface area contributed by atoms with E-state index in [1.165, 1.54) is 11.3 Å². The Morgan fingerprint density at radius 1 is 1.03 bits per heavy atom. The second kappa shape index (κ2) is 7.23. The molecule has 0 saturated heterocycles. The fourth-order valence-electron chi connectivity index (χ4n) is 3.30. The van der Waals surface area contributed by atoms with E-state index >= 15 is 0 Å². The summed E-state index contributed by atoms with van der Waals surface area (Å²) in [6, 6.07) is 15.2. The molecule has 0 aliphatic heterocycles. The number of nitrogens with zero attached hydrogens (tertiary/aromatic N) is 3. The summed E-state index contributed by atoms with van der Waals surface area (Å²) in [6.45, 7) is 3.70. The number of rotatable bonds is 4. The first-order chi connectivity index (χ1) is 14.6. The third-order valence-electron chi connectivity index (χ3n) is 4.69. The maximum atomic E-state index is 13.2. The van der Waals surface area contributed by atoms with Crippen molar-refractivity contribution >= 4 is 33.5 Å². The average molecular weight is 416 g/mol. The van der Waals surface area contributed by atoms with Gasteiger partial charge in [-0.25, -0.2) is 9.97 Å². The molecule has 1 N–H and O–H groups in total. The minimum absolute atomic E-state index is 0.284. The van der Waals surface area contributed by atoms with Gasteiger partial charge in [0.05, 0.1) is 33.5 Å². The molecule has 0 radical (unpaired) electrons. The Morgan fingerprint density at radius 3 is 2.63 bits per heavy atom. The first-order valence-corrected chi connectivity index (χ1v) is 10.1. The second-order valence-corrected chi connectivity index (χ2v) is 7.73. The number of carbonyl (C=O) groups is 1. The number of anilines is 1. The molecule has 0 aliphatic carbocycles. The zero-order chi connectivity index (χ0) is 20.7. The predicted molar refractivity (Wildman–Crippen MR) is 114 cm³/mol. The molecule has 5 rings (SSSR count). The van der Waals surface area contributed by atoms with Gasteiger partial charge in [0.2, 0.25) is 0 Å². The number of furan rings is 1. The van der Waals surface area contributed by atoms with Crippen molar-refractivity contribution in [2.45, 2.75) is 13.8 Å². The number of benzene rings is 1. The number of amides is 1. The van der Waals surface area contributed by atoms with Crippen molar-refractivity contribution in [1.82, 2.24) is 15.1 Å². The lowest BCUT2D eigenvalue weighted by Crippen LogP contribution is -2.13. The molecule has 1 amide bonds. The first kappa shape index (κ1) is 18.3. The lowest BCUT2D eigenvalue weighted by atomic mass is 10.1. The number of thiazole rings is 1. The Hall–Kier alpha value is -3.78. The van der Waals surface area contributed by atoms with E-state index < -0.39 is 0 Å². The molecule has 0 aliphatic rings. The van der Waals surface area contributed by atoms with Crippen LogP contribution in [-0.2, 0) is 0 Å². The van der Waals surface area contributed by atoms with Crippen molar-refractivity contribution in [2.75, 3.05) is 5.32 Å². The number of hydrogen-bond acceptors (Lipinski definition) is 7. The van der Waals surface area contributed by atoms with Crippen molar-refractivity contribution in [3.05, 3.63) is 71.7 Å². The Kier molecular flexibility index (Phi) is 4.40. The molecule has 1 aromatic carbocycles. The Balaban J connectivity index is 1.53. The number of hydrogen-bond donors (Lipinski definition) is 1.